The van der Waals surface area contributed by atoms with E-state index in [9.17, 15) is 46.0 Å². The van der Waals surface area contributed by atoms with Gasteiger partial charge in [0, 0.05) is 35.1 Å². The van der Waals surface area contributed by atoms with Gasteiger partial charge in [0.15, 0.2) is 0 Å². The van der Waals surface area contributed by atoms with Gasteiger partial charge in [0.05, 0.1) is 0 Å². The van der Waals surface area contributed by atoms with E-state index in [4.69, 9.17) is 8.57 Å². The normalized spacial score (nSPS) is 13.1. The van der Waals surface area contributed by atoms with Crippen molar-refractivity contribution in [3.63, 3.8) is 0 Å². The Hall–Kier alpha value is -4.44. The van der Waals surface area contributed by atoms with Gasteiger partial charge < -0.3 is 20.4 Å². The largest absolute Gasteiger partial charge is 0.492 e. The molecule has 0 saturated carbocycles. The number of nitrogens with zero attached hydrogens (tertiary/aromatic N) is 2. The van der Waals surface area contributed by atoms with E-state index in [1.54, 1.807) is 0 Å². The molecule has 0 fully saturated rings. The number of hydrogen-bond donors (Lipinski definition) is 4. The third-order valence-electron chi connectivity index (χ3n) is 5.83. The number of aromatic nitrogens is 2. The molecule has 0 radical (unpaired) electrons. The van der Waals surface area contributed by atoms with Gasteiger partial charge >= 0.3 is 20.2 Å². The first kappa shape index (κ1) is 25.2. The van der Waals surface area contributed by atoms with E-state index < -0.39 is 78.0 Å². The van der Waals surface area contributed by atoms with Crippen LogP contribution in [0.4, 0.5) is 8.78 Å². The van der Waals surface area contributed by atoms with Crippen LogP contribution in [0.1, 0.15) is 22.3 Å². The van der Waals surface area contributed by atoms with E-state index in [0.29, 0.717) is 0 Å². The highest BCUT2D eigenvalue weighted by atomic mass is 32.2. The maximum atomic E-state index is 13.2. The smallest absolute Gasteiger partial charge is 0.357 e. The molecule has 0 amide bonds. The first-order valence-electron chi connectivity index (χ1n) is 10.5. The summed E-state index contributed by atoms with van der Waals surface area (Å²) >= 11 is 0. The van der Waals surface area contributed by atoms with Gasteiger partial charge in [-0.25, -0.2) is 8.78 Å². The summed E-state index contributed by atoms with van der Waals surface area (Å²) in [6.07, 6.45) is -0.827. The monoisotopic (exact) mass is 570 g/mol. The highest BCUT2D eigenvalue weighted by molar-refractivity contribution is 7.87. The van der Waals surface area contributed by atoms with E-state index in [-0.39, 0.29) is 31.7 Å². The minimum Gasteiger partial charge on any atom is -0.492 e. The van der Waals surface area contributed by atoms with Crippen molar-refractivity contribution in [1.29, 1.82) is 0 Å². The maximum absolute atomic E-state index is 13.2. The minimum absolute atomic E-state index is 0.0989. The average Bonchev–Trinajstić information content (AvgIpc) is 3.23. The molecule has 0 spiro atoms. The Labute approximate surface area is 212 Å². The van der Waals surface area contributed by atoms with Crippen LogP contribution < -0.4 is 8.57 Å². The van der Waals surface area contributed by atoms with Crippen molar-refractivity contribution in [1.82, 2.24) is 9.46 Å². The van der Waals surface area contributed by atoms with E-state index in [1.807, 2.05) is 0 Å². The molecule has 0 aliphatic heterocycles. The summed E-state index contributed by atoms with van der Waals surface area (Å²) in [4.78, 5) is -0.950. The Morgan fingerprint density at radius 2 is 0.816 bits per heavy atom. The topological polar surface area (TPSA) is 178 Å². The molecule has 12 nitrogen and oxygen atoms in total. The number of halogens is 2. The zero-order valence-electron chi connectivity index (χ0n) is 18.7. The van der Waals surface area contributed by atoms with Gasteiger partial charge in [0.1, 0.15) is 21.4 Å². The number of aromatic hydroxyl groups is 4. The molecule has 16 heteroatoms. The molecule has 38 heavy (non-hydrogen) atoms. The Morgan fingerprint density at radius 3 is 1.08 bits per heavy atom. The SMILES string of the molecule is O=S(=O)(On1c(O)c2c(c1O)Cc1c(c(O)n(OS(=O)(=O)c3ccc(F)cc3)c1O)C2)c1ccc(F)cc1. The Bertz CT molecular complexity index is 1610. The minimum atomic E-state index is -4.64. The Balaban J connectivity index is 1.48. The number of fused-ring (bicyclic) bond motifs is 2. The number of hydrogen-bond acceptors (Lipinski definition) is 10. The molecule has 1 aliphatic carbocycles. The lowest BCUT2D eigenvalue weighted by atomic mass is 9.90. The molecule has 2 aromatic carbocycles. The molecule has 2 aromatic heterocycles. The van der Waals surface area contributed by atoms with Crippen LogP contribution in [0.25, 0.3) is 0 Å². The van der Waals surface area contributed by atoms with Crippen LogP contribution in [-0.2, 0) is 33.1 Å². The van der Waals surface area contributed by atoms with Crippen molar-refractivity contribution < 1.29 is 54.6 Å². The fraction of sp³-hybridized carbons (Fsp3) is 0.0909. The molecule has 0 atom stereocenters. The molecule has 0 unspecified atom stereocenters. The van der Waals surface area contributed by atoms with Crippen LogP contribution in [0.3, 0.4) is 0 Å². The predicted molar refractivity (Wildman–Crippen MR) is 121 cm³/mol. The fourth-order valence-electron chi connectivity index (χ4n) is 3.95. The summed E-state index contributed by atoms with van der Waals surface area (Å²) < 4.78 is 86.6. The van der Waals surface area contributed by atoms with Gasteiger partial charge in [0.25, 0.3) is 0 Å². The van der Waals surface area contributed by atoms with Crippen LogP contribution in [0.15, 0.2) is 58.3 Å². The Kier molecular flexibility index (Phi) is 5.68. The fourth-order valence-corrected chi connectivity index (χ4v) is 5.74. The number of rotatable bonds is 6. The van der Waals surface area contributed by atoms with Crippen LogP contribution in [0.2, 0.25) is 0 Å². The second kappa shape index (κ2) is 8.56. The summed E-state index contributed by atoms with van der Waals surface area (Å²) in [6.45, 7) is 0. The lowest BCUT2D eigenvalue weighted by molar-refractivity contribution is 0.200. The first-order chi connectivity index (χ1) is 17.8. The van der Waals surface area contributed by atoms with Gasteiger partial charge in [-0.2, -0.15) is 16.8 Å². The zero-order chi connectivity index (χ0) is 27.6. The van der Waals surface area contributed by atoms with Crippen molar-refractivity contribution >= 4 is 20.2 Å². The van der Waals surface area contributed by atoms with Crippen molar-refractivity contribution in [2.75, 3.05) is 0 Å². The van der Waals surface area contributed by atoms with Gasteiger partial charge in [-0.1, -0.05) is 9.46 Å². The number of benzene rings is 2. The van der Waals surface area contributed by atoms with Crippen LogP contribution in [0, 0.1) is 11.6 Å². The molecule has 4 aromatic rings. The molecule has 0 saturated heterocycles. The third kappa shape index (κ3) is 4.03. The van der Waals surface area contributed by atoms with E-state index in [2.05, 4.69) is 0 Å². The van der Waals surface area contributed by atoms with Crippen LogP contribution in [0.5, 0.6) is 23.5 Å². The molecule has 5 rings (SSSR count). The lowest BCUT2D eigenvalue weighted by Gasteiger charge is -2.11. The first-order valence-corrected chi connectivity index (χ1v) is 13.3. The molecule has 200 valence electrons. The van der Waals surface area contributed by atoms with Crippen molar-refractivity contribution in [2.24, 2.45) is 0 Å². The third-order valence-corrected chi connectivity index (χ3v) is 8.22. The lowest BCUT2D eigenvalue weighted by Crippen LogP contribution is -2.20. The molecule has 1 aliphatic rings. The van der Waals surface area contributed by atoms with Crippen molar-refractivity contribution in [3.05, 3.63) is 82.4 Å². The van der Waals surface area contributed by atoms with Gasteiger partial charge in [-0.05, 0) is 48.5 Å². The standard InChI is InChI=1S/C22H16F2N2O10S2/c23-11-1-5-13(6-2-11)37(31,32)35-25-19(27)15-9-17-18(10-16(15)20(25)28)22(30)26(21(17)29)36-38(33,34)14-7-3-12(24)4-8-14/h1-8,27-30H,9-10H2. The zero-order valence-corrected chi connectivity index (χ0v) is 20.4. The van der Waals surface area contributed by atoms with Crippen molar-refractivity contribution in [2.45, 2.75) is 22.6 Å². The highest BCUT2D eigenvalue weighted by Gasteiger charge is 2.37. The van der Waals surface area contributed by atoms with Crippen molar-refractivity contribution in [3.8, 4) is 23.5 Å². The van der Waals surface area contributed by atoms with Gasteiger partial charge in [-0.3, -0.25) is 8.57 Å². The van der Waals surface area contributed by atoms with Gasteiger partial charge in [0.2, 0.25) is 23.5 Å². The molecule has 2 heterocycles. The van der Waals surface area contributed by atoms with E-state index in [1.165, 1.54) is 0 Å². The summed E-state index contributed by atoms with van der Waals surface area (Å²) in [5, 5.41) is 42.4. The second-order valence-electron chi connectivity index (χ2n) is 8.12. The second-order valence-corrected chi connectivity index (χ2v) is 11.2. The molecular formula is C22H16F2N2O10S2. The Morgan fingerprint density at radius 1 is 0.553 bits per heavy atom. The van der Waals surface area contributed by atoms with Crippen LogP contribution >= 0.6 is 0 Å². The molecule has 0 bridgehead atoms. The summed E-state index contributed by atoms with van der Waals surface area (Å²) in [6, 6.07) is 7.11. The predicted octanol–water partition coefficient (Wildman–Crippen LogP) is 1.52. The molecular weight excluding hydrogens is 554 g/mol. The molecule has 4 N–H and O–H groups in total. The maximum Gasteiger partial charge on any atom is 0.357 e. The highest BCUT2D eigenvalue weighted by Crippen LogP contribution is 2.46. The van der Waals surface area contributed by atoms with Crippen LogP contribution in [-0.4, -0.2) is 46.7 Å². The summed E-state index contributed by atoms with van der Waals surface area (Å²) in [7, 11) is -9.28. The van der Waals surface area contributed by atoms with E-state index >= 15 is 0 Å². The summed E-state index contributed by atoms with van der Waals surface area (Å²) in [5.41, 5.74) is -0.396. The van der Waals surface area contributed by atoms with E-state index in [0.717, 1.165) is 48.5 Å². The summed E-state index contributed by atoms with van der Waals surface area (Å²) in [5.74, 6) is -4.86. The van der Waals surface area contributed by atoms with Gasteiger partial charge in [-0.15, -0.1) is 0 Å². The average molecular weight is 571 g/mol. The quantitative estimate of drug-likeness (QED) is 0.234.